The fourth-order valence-corrected chi connectivity index (χ4v) is 3.49. The van der Waals surface area contributed by atoms with E-state index >= 15 is 0 Å². The molecule has 3 nitrogen and oxygen atoms in total. The maximum atomic E-state index is 12.0. The van der Waals surface area contributed by atoms with Crippen molar-refractivity contribution < 1.29 is 4.79 Å². The minimum atomic E-state index is -0.159. The second-order valence-corrected chi connectivity index (χ2v) is 6.10. The lowest BCUT2D eigenvalue weighted by Crippen LogP contribution is -2.51. The third-order valence-corrected chi connectivity index (χ3v) is 4.81. The molecular formula is C11H16BrClN2OS. The highest BCUT2D eigenvalue weighted by atomic mass is 79.9. The number of amides is 1. The van der Waals surface area contributed by atoms with Crippen LogP contribution < -0.4 is 11.1 Å². The van der Waals surface area contributed by atoms with Crippen molar-refractivity contribution in [3.63, 3.8) is 0 Å². The Labute approximate surface area is 120 Å². The van der Waals surface area contributed by atoms with Crippen molar-refractivity contribution in [2.75, 3.05) is 6.54 Å². The molecule has 96 valence electrons. The summed E-state index contributed by atoms with van der Waals surface area (Å²) >= 11 is 4.80. The number of hydrogen-bond acceptors (Lipinski definition) is 3. The van der Waals surface area contributed by atoms with Gasteiger partial charge in [0.05, 0.1) is 10.4 Å². The topological polar surface area (TPSA) is 55.1 Å². The maximum Gasteiger partial charge on any atom is 0.261 e. The Kier molecular flexibility index (Phi) is 5.44. The molecule has 1 heterocycles. The number of nitrogens with one attached hydrogen (secondary N) is 1. The highest BCUT2D eigenvalue weighted by molar-refractivity contribution is 9.10. The molecule has 1 aliphatic carbocycles. The molecule has 0 unspecified atom stereocenters. The standard InChI is InChI=1S/C11H15BrN2OS.ClH/c12-8-5-9(16-6-8)10(15)14-11(7-13)3-1-2-4-11;/h5-6H,1-4,7,13H2,(H,14,15);1H. The predicted octanol–water partition coefficient (Wildman–Crippen LogP) is 2.93. The maximum absolute atomic E-state index is 12.0. The van der Waals surface area contributed by atoms with E-state index in [1.807, 2.05) is 11.4 Å². The van der Waals surface area contributed by atoms with Gasteiger partial charge in [-0.05, 0) is 34.8 Å². The lowest BCUT2D eigenvalue weighted by atomic mass is 9.98. The SMILES string of the molecule is Cl.NCC1(NC(=O)c2cc(Br)cs2)CCCC1. The average Bonchev–Trinajstić information content (AvgIpc) is 2.88. The van der Waals surface area contributed by atoms with Crippen molar-refractivity contribution >= 4 is 45.6 Å². The van der Waals surface area contributed by atoms with Crippen LogP contribution in [0.3, 0.4) is 0 Å². The lowest BCUT2D eigenvalue weighted by molar-refractivity contribution is 0.0907. The van der Waals surface area contributed by atoms with Crippen LogP contribution in [0.5, 0.6) is 0 Å². The van der Waals surface area contributed by atoms with Gasteiger partial charge >= 0.3 is 0 Å². The molecule has 0 atom stereocenters. The third-order valence-electron chi connectivity index (χ3n) is 3.12. The number of halogens is 2. The molecule has 1 aromatic heterocycles. The molecule has 0 saturated heterocycles. The third kappa shape index (κ3) is 3.44. The van der Waals surface area contributed by atoms with Crippen LogP contribution in [0.25, 0.3) is 0 Å². The van der Waals surface area contributed by atoms with Crippen molar-refractivity contribution in [3.05, 3.63) is 20.8 Å². The van der Waals surface area contributed by atoms with E-state index in [2.05, 4.69) is 21.2 Å². The fourth-order valence-electron chi connectivity index (χ4n) is 2.17. The van der Waals surface area contributed by atoms with E-state index in [0.717, 1.165) is 35.0 Å². The number of carbonyl (C=O) groups is 1. The van der Waals surface area contributed by atoms with Gasteiger partial charge in [0.25, 0.3) is 5.91 Å². The monoisotopic (exact) mass is 338 g/mol. The van der Waals surface area contributed by atoms with Crippen molar-refractivity contribution in [2.45, 2.75) is 31.2 Å². The van der Waals surface area contributed by atoms with Gasteiger partial charge in [0.1, 0.15) is 0 Å². The van der Waals surface area contributed by atoms with E-state index < -0.39 is 0 Å². The second-order valence-electron chi connectivity index (χ2n) is 4.27. The van der Waals surface area contributed by atoms with Crippen LogP contribution in [-0.2, 0) is 0 Å². The van der Waals surface area contributed by atoms with E-state index in [1.54, 1.807) is 0 Å². The molecule has 3 N–H and O–H groups in total. The average molecular weight is 340 g/mol. The summed E-state index contributed by atoms with van der Waals surface area (Å²) in [6.07, 6.45) is 4.32. The zero-order valence-corrected chi connectivity index (χ0v) is 12.6. The molecule has 0 aliphatic heterocycles. The molecule has 1 saturated carbocycles. The molecule has 2 rings (SSSR count). The molecular weight excluding hydrogens is 324 g/mol. The Morgan fingerprint density at radius 3 is 2.65 bits per heavy atom. The van der Waals surface area contributed by atoms with Gasteiger partial charge in [-0.1, -0.05) is 12.8 Å². The van der Waals surface area contributed by atoms with Crippen LogP contribution >= 0.6 is 39.7 Å². The minimum Gasteiger partial charge on any atom is -0.345 e. The van der Waals surface area contributed by atoms with Crippen LogP contribution in [-0.4, -0.2) is 18.0 Å². The van der Waals surface area contributed by atoms with Gasteiger partial charge in [-0.25, -0.2) is 0 Å². The first-order chi connectivity index (χ1) is 7.65. The van der Waals surface area contributed by atoms with E-state index in [1.165, 1.54) is 11.3 Å². The molecule has 0 spiro atoms. The van der Waals surface area contributed by atoms with E-state index in [9.17, 15) is 4.79 Å². The summed E-state index contributed by atoms with van der Waals surface area (Å²) < 4.78 is 0.955. The number of carbonyl (C=O) groups excluding carboxylic acids is 1. The first kappa shape index (κ1) is 15.0. The molecule has 6 heteroatoms. The zero-order chi connectivity index (χ0) is 11.6. The summed E-state index contributed by atoms with van der Waals surface area (Å²) in [5.74, 6) is 0.00282. The molecule has 1 amide bonds. The van der Waals surface area contributed by atoms with E-state index in [4.69, 9.17) is 5.73 Å². The quantitative estimate of drug-likeness (QED) is 0.889. The normalized spacial score (nSPS) is 17.5. The molecule has 1 aromatic rings. The highest BCUT2D eigenvalue weighted by Gasteiger charge is 2.34. The summed E-state index contributed by atoms with van der Waals surface area (Å²) in [4.78, 5) is 12.7. The van der Waals surface area contributed by atoms with Gasteiger partial charge in [0.2, 0.25) is 0 Å². The molecule has 17 heavy (non-hydrogen) atoms. The van der Waals surface area contributed by atoms with Crippen LogP contribution in [0.1, 0.15) is 35.4 Å². The minimum absolute atomic E-state index is 0. The van der Waals surface area contributed by atoms with Crippen LogP contribution in [0.15, 0.2) is 15.9 Å². The second kappa shape index (κ2) is 6.18. The van der Waals surface area contributed by atoms with E-state index in [0.29, 0.717) is 6.54 Å². The Morgan fingerprint density at radius 2 is 2.18 bits per heavy atom. The zero-order valence-electron chi connectivity index (χ0n) is 9.37. The van der Waals surface area contributed by atoms with Crippen LogP contribution in [0.4, 0.5) is 0 Å². The van der Waals surface area contributed by atoms with Crippen molar-refractivity contribution in [2.24, 2.45) is 5.73 Å². The molecule has 0 bridgehead atoms. The Morgan fingerprint density at radius 1 is 1.53 bits per heavy atom. The van der Waals surface area contributed by atoms with Gasteiger partial charge in [0.15, 0.2) is 0 Å². The van der Waals surface area contributed by atoms with Gasteiger partial charge in [-0.15, -0.1) is 23.7 Å². The number of hydrogen-bond donors (Lipinski definition) is 2. The van der Waals surface area contributed by atoms with Gasteiger partial charge in [0, 0.05) is 16.4 Å². The molecule has 1 fully saturated rings. The highest BCUT2D eigenvalue weighted by Crippen LogP contribution is 2.29. The Hall–Kier alpha value is -0.100. The molecule has 0 aromatic carbocycles. The summed E-state index contributed by atoms with van der Waals surface area (Å²) in [5.41, 5.74) is 5.62. The van der Waals surface area contributed by atoms with Gasteiger partial charge < -0.3 is 11.1 Å². The summed E-state index contributed by atoms with van der Waals surface area (Å²) in [5, 5.41) is 5.01. The van der Waals surface area contributed by atoms with Gasteiger partial charge in [-0.2, -0.15) is 0 Å². The smallest absolute Gasteiger partial charge is 0.261 e. The first-order valence-electron chi connectivity index (χ1n) is 5.42. The Balaban J connectivity index is 0.00000144. The first-order valence-corrected chi connectivity index (χ1v) is 7.09. The lowest BCUT2D eigenvalue weighted by Gasteiger charge is -2.28. The molecule has 1 aliphatic rings. The number of rotatable bonds is 3. The summed E-state index contributed by atoms with van der Waals surface area (Å²) in [6.45, 7) is 0.533. The largest absolute Gasteiger partial charge is 0.345 e. The predicted molar refractivity (Wildman–Crippen MR) is 77.0 cm³/mol. The number of thiophene rings is 1. The van der Waals surface area contributed by atoms with Crippen molar-refractivity contribution in [1.29, 1.82) is 0 Å². The summed E-state index contributed by atoms with van der Waals surface area (Å²) in [6, 6.07) is 1.85. The van der Waals surface area contributed by atoms with E-state index in [-0.39, 0.29) is 23.9 Å². The van der Waals surface area contributed by atoms with Crippen LogP contribution in [0.2, 0.25) is 0 Å². The molecule has 0 radical (unpaired) electrons. The van der Waals surface area contributed by atoms with Crippen molar-refractivity contribution in [1.82, 2.24) is 5.32 Å². The van der Waals surface area contributed by atoms with Crippen molar-refractivity contribution in [3.8, 4) is 0 Å². The van der Waals surface area contributed by atoms with Gasteiger partial charge in [-0.3, -0.25) is 4.79 Å². The Bertz CT molecular complexity index is 391. The van der Waals surface area contributed by atoms with Crippen LogP contribution in [0, 0.1) is 0 Å². The summed E-state index contributed by atoms with van der Waals surface area (Å²) in [7, 11) is 0. The number of nitrogens with two attached hydrogens (primary N) is 1. The fraction of sp³-hybridized carbons (Fsp3) is 0.545.